The molecule has 0 fully saturated rings. The van der Waals surface area contributed by atoms with Crippen molar-refractivity contribution in [3.8, 4) is 0 Å². The van der Waals surface area contributed by atoms with Gasteiger partial charge in [0.2, 0.25) is 0 Å². The minimum Gasteiger partial charge on any atom is -0.357 e. The number of amides is 2. The summed E-state index contributed by atoms with van der Waals surface area (Å²) in [4.78, 5) is 33.3. The van der Waals surface area contributed by atoms with Gasteiger partial charge in [0.05, 0.1) is 4.88 Å². The standard InChI is InChI=1S/C19H22N4O2S/c1-11-6-9-22-19-15(11)13(3)16(26-19)18(25)23-12(2)7-10-21-17(24)14-5-4-8-20-14/h4-6,8-9,12,20H,7,10H2,1-3H3,(H,21,24)(H,23,25). The fourth-order valence-corrected chi connectivity index (χ4v) is 4.03. The molecule has 136 valence electrons. The number of hydrogen-bond acceptors (Lipinski definition) is 4. The number of hydrogen-bond donors (Lipinski definition) is 3. The Morgan fingerprint density at radius 1 is 1.27 bits per heavy atom. The summed E-state index contributed by atoms with van der Waals surface area (Å²) < 4.78 is 0. The molecule has 3 rings (SSSR count). The number of carbonyl (C=O) groups is 2. The van der Waals surface area contributed by atoms with Gasteiger partial charge >= 0.3 is 0 Å². The van der Waals surface area contributed by atoms with Crippen molar-refractivity contribution >= 4 is 33.4 Å². The molecule has 26 heavy (non-hydrogen) atoms. The molecule has 0 aliphatic heterocycles. The Morgan fingerprint density at radius 2 is 2.08 bits per heavy atom. The average molecular weight is 370 g/mol. The summed E-state index contributed by atoms with van der Waals surface area (Å²) in [5.41, 5.74) is 2.63. The molecule has 3 heterocycles. The minimum atomic E-state index is -0.143. The predicted molar refractivity (Wildman–Crippen MR) is 104 cm³/mol. The van der Waals surface area contributed by atoms with Crippen molar-refractivity contribution in [1.82, 2.24) is 20.6 Å². The van der Waals surface area contributed by atoms with Crippen LogP contribution in [0.4, 0.5) is 0 Å². The van der Waals surface area contributed by atoms with Gasteiger partial charge in [0, 0.05) is 30.4 Å². The molecule has 0 bridgehead atoms. The number of nitrogens with zero attached hydrogens (tertiary/aromatic N) is 1. The molecule has 0 aliphatic rings. The van der Waals surface area contributed by atoms with Gasteiger partial charge in [-0.05, 0) is 56.5 Å². The first-order valence-corrected chi connectivity index (χ1v) is 9.36. The number of carbonyl (C=O) groups excluding carboxylic acids is 2. The highest BCUT2D eigenvalue weighted by atomic mass is 32.1. The van der Waals surface area contributed by atoms with E-state index in [1.807, 2.05) is 26.8 Å². The van der Waals surface area contributed by atoms with Crippen LogP contribution in [-0.4, -0.2) is 34.4 Å². The second-order valence-corrected chi connectivity index (χ2v) is 7.37. The molecule has 3 N–H and O–H groups in total. The van der Waals surface area contributed by atoms with E-state index in [9.17, 15) is 9.59 Å². The molecule has 6 nitrogen and oxygen atoms in total. The van der Waals surface area contributed by atoms with Gasteiger partial charge in [-0.3, -0.25) is 9.59 Å². The highest BCUT2D eigenvalue weighted by Crippen LogP contribution is 2.31. The van der Waals surface area contributed by atoms with Gasteiger partial charge < -0.3 is 15.6 Å². The van der Waals surface area contributed by atoms with Crippen LogP contribution in [0.2, 0.25) is 0 Å². The molecular weight excluding hydrogens is 348 g/mol. The molecular formula is C19H22N4O2S. The predicted octanol–water partition coefficient (Wildman–Crippen LogP) is 3.18. The molecule has 0 saturated heterocycles. The Labute approximate surface area is 156 Å². The number of aromatic amines is 1. The maximum Gasteiger partial charge on any atom is 0.267 e. The van der Waals surface area contributed by atoms with Crippen LogP contribution in [0.3, 0.4) is 0 Å². The molecule has 1 unspecified atom stereocenters. The maximum absolute atomic E-state index is 12.6. The maximum atomic E-state index is 12.6. The first-order valence-electron chi connectivity index (χ1n) is 8.54. The molecule has 0 aromatic carbocycles. The van der Waals surface area contributed by atoms with Crippen molar-refractivity contribution in [3.05, 3.63) is 52.3 Å². The van der Waals surface area contributed by atoms with E-state index in [2.05, 4.69) is 20.6 Å². The van der Waals surface area contributed by atoms with Crippen molar-refractivity contribution in [2.24, 2.45) is 0 Å². The lowest BCUT2D eigenvalue weighted by Crippen LogP contribution is -2.36. The number of pyridine rings is 1. The van der Waals surface area contributed by atoms with E-state index in [0.29, 0.717) is 23.5 Å². The number of H-pyrrole nitrogens is 1. The van der Waals surface area contributed by atoms with E-state index in [-0.39, 0.29) is 17.9 Å². The Kier molecular flexibility index (Phi) is 5.37. The lowest BCUT2D eigenvalue weighted by molar-refractivity contribution is 0.0939. The SMILES string of the molecule is Cc1ccnc2sc(C(=O)NC(C)CCNC(=O)c3ccc[nH]3)c(C)c12. The number of thiophene rings is 1. The second-order valence-electron chi connectivity index (χ2n) is 6.37. The van der Waals surface area contributed by atoms with Gasteiger partial charge in [-0.15, -0.1) is 11.3 Å². The molecule has 1 atom stereocenters. The summed E-state index contributed by atoms with van der Waals surface area (Å²) in [7, 11) is 0. The van der Waals surface area contributed by atoms with E-state index < -0.39 is 0 Å². The van der Waals surface area contributed by atoms with Crippen molar-refractivity contribution < 1.29 is 9.59 Å². The summed E-state index contributed by atoms with van der Waals surface area (Å²) in [5, 5.41) is 6.91. The monoisotopic (exact) mass is 370 g/mol. The van der Waals surface area contributed by atoms with E-state index in [0.717, 1.165) is 21.3 Å². The lowest BCUT2D eigenvalue weighted by Gasteiger charge is -2.14. The van der Waals surface area contributed by atoms with Crippen LogP contribution in [0.15, 0.2) is 30.6 Å². The Hall–Kier alpha value is -2.67. The third-order valence-electron chi connectivity index (χ3n) is 4.33. The number of nitrogens with one attached hydrogen (secondary N) is 3. The highest BCUT2D eigenvalue weighted by molar-refractivity contribution is 7.20. The lowest BCUT2D eigenvalue weighted by atomic mass is 10.1. The zero-order valence-corrected chi connectivity index (χ0v) is 15.9. The topological polar surface area (TPSA) is 86.9 Å². The zero-order valence-electron chi connectivity index (χ0n) is 15.1. The smallest absolute Gasteiger partial charge is 0.267 e. The number of rotatable bonds is 6. The molecule has 3 aromatic heterocycles. The average Bonchev–Trinajstić information content (AvgIpc) is 3.23. The summed E-state index contributed by atoms with van der Waals surface area (Å²) >= 11 is 1.42. The number of aryl methyl sites for hydroxylation is 2. The van der Waals surface area contributed by atoms with E-state index in [1.54, 1.807) is 24.5 Å². The molecule has 7 heteroatoms. The summed E-state index contributed by atoms with van der Waals surface area (Å²) in [6.07, 6.45) is 4.13. The van der Waals surface area contributed by atoms with E-state index in [4.69, 9.17) is 0 Å². The highest BCUT2D eigenvalue weighted by Gasteiger charge is 2.18. The molecule has 0 saturated carbocycles. The van der Waals surface area contributed by atoms with Crippen LogP contribution in [0.1, 0.15) is 44.6 Å². The minimum absolute atomic E-state index is 0.0508. The Balaban J connectivity index is 1.57. The second kappa shape index (κ2) is 7.70. The fraction of sp³-hybridized carbons (Fsp3) is 0.316. The van der Waals surface area contributed by atoms with Gasteiger partial charge in [0.15, 0.2) is 0 Å². The quantitative estimate of drug-likeness (QED) is 0.623. The van der Waals surface area contributed by atoms with Crippen molar-refractivity contribution in [1.29, 1.82) is 0 Å². The number of aromatic nitrogens is 2. The van der Waals surface area contributed by atoms with Gasteiger partial charge in [0.1, 0.15) is 10.5 Å². The third-order valence-corrected chi connectivity index (χ3v) is 5.53. The fourth-order valence-electron chi connectivity index (χ4n) is 2.90. The zero-order chi connectivity index (χ0) is 18.7. The largest absolute Gasteiger partial charge is 0.357 e. The Bertz CT molecular complexity index is 931. The van der Waals surface area contributed by atoms with Gasteiger partial charge in [0.25, 0.3) is 11.8 Å². The van der Waals surface area contributed by atoms with Crippen LogP contribution in [0, 0.1) is 13.8 Å². The van der Waals surface area contributed by atoms with Crippen molar-refractivity contribution in [2.75, 3.05) is 6.54 Å². The van der Waals surface area contributed by atoms with Gasteiger partial charge in [-0.25, -0.2) is 4.98 Å². The Morgan fingerprint density at radius 3 is 2.77 bits per heavy atom. The van der Waals surface area contributed by atoms with Crippen molar-refractivity contribution in [2.45, 2.75) is 33.2 Å². The van der Waals surface area contributed by atoms with E-state index >= 15 is 0 Å². The van der Waals surface area contributed by atoms with Gasteiger partial charge in [-0.1, -0.05) is 0 Å². The first kappa shape index (κ1) is 18.1. The van der Waals surface area contributed by atoms with Crippen LogP contribution in [0.25, 0.3) is 10.2 Å². The van der Waals surface area contributed by atoms with Gasteiger partial charge in [-0.2, -0.15) is 0 Å². The van der Waals surface area contributed by atoms with E-state index in [1.165, 1.54) is 11.3 Å². The molecule has 0 aliphatic carbocycles. The molecule has 0 spiro atoms. The third kappa shape index (κ3) is 3.77. The van der Waals surface area contributed by atoms with Crippen molar-refractivity contribution in [3.63, 3.8) is 0 Å². The summed E-state index contributed by atoms with van der Waals surface area (Å²) in [6.45, 7) is 6.42. The number of fused-ring (bicyclic) bond motifs is 1. The molecule has 2 amide bonds. The van der Waals surface area contributed by atoms with Crippen LogP contribution in [-0.2, 0) is 0 Å². The molecule has 3 aromatic rings. The summed E-state index contributed by atoms with van der Waals surface area (Å²) in [5.74, 6) is -0.233. The summed E-state index contributed by atoms with van der Waals surface area (Å²) in [6, 6.07) is 5.41. The van der Waals surface area contributed by atoms with Crippen LogP contribution >= 0.6 is 11.3 Å². The molecule has 0 radical (unpaired) electrons. The first-order chi connectivity index (χ1) is 12.5. The van der Waals surface area contributed by atoms with Crippen LogP contribution in [0.5, 0.6) is 0 Å². The van der Waals surface area contributed by atoms with Crippen LogP contribution < -0.4 is 10.6 Å². The normalized spacial score (nSPS) is 12.1.